The molecule has 0 atom stereocenters. The SMILES string of the molecule is COP(=O)(CC(=O)CCc1cccc(Br)c1)OC. The minimum absolute atomic E-state index is 0.123. The summed E-state index contributed by atoms with van der Waals surface area (Å²) in [5.74, 6) is -0.123. The molecular formula is C12H16BrO4P. The van der Waals surface area contributed by atoms with Gasteiger partial charge in [0.05, 0.1) is 0 Å². The zero-order chi connectivity index (χ0) is 13.6. The van der Waals surface area contributed by atoms with Gasteiger partial charge in [0, 0.05) is 25.1 Å². The fourth-order valence-corrected chi connectivity index (χ4v) is 2.92. The van der Waals surface area contributed by atoms with E-state index in [1.54, 1.807) is 0 Å². The number of benzene rings is 1. The minimum atomic E-state index is -3.23. The topological polar surface area (TPSA) is 52.6 Å². The molecule has 6 heteroatoms. The summed E-state index contributed by atoms with van der Waals surface area (Å²) in [5.41, 5.74) is 1.06. The monoisotopic (exact) mass is 334 g/mol. The van der Waals surface area contributed by atoms with Gasteiger partial charge in [-0.1, -0.05) is 28.1 Å². The van der Waals surface area contributed by atoms with E-state index in [2.05, 4.69) is 15.9 Å². The lowest BCUT2D eigenvalue weighted by Gasteiger charge is -2.12. The van der Waals surface area contributed by atoms with Crippen LogP contribution in [0.2, 0.25) is 0 Å². The van der Waals surface area contributed by atoms with Gasteiger partial charge in [0.1, 0.15) is 11.9 Å². The third-order valence-corrected chi connectivity index (χ3v) is 4.85. The zero-order valence-corrected chi connectivity index (χ0v) is 12.9. The van der Waals surface area contributed by atoms with Crippen LogP contribution >= 0.6 is 23.5 Å². The van der Waals surface area contributed by atoms with Gasteiger partial charge in [0.25, 0.3) is 0 Å². The van der Waals surface area contributed by atoms with E-state index >= 15 is 0 Å². The number of halogens is 1. The normalized spacial score (nSPS) is 11.5. The maximum atomic E-state index is 11.8. The number of carbonyl (C=O) groups excluding carboxylic acids is 1. The van der Waals surface area contributed by atoms with E-state index in [0.717, 1.165) is 10.0 Å². The van der Waals surface area contributed by atoms with Crippen molar-refractivity contribution in [2.45, 2.75) is 12.8 Å². The molecule has 0 amide bonds. The Morgan fingerprint density at radius 1 is 1.33 bits per heavy atom. The standard InChI is InChI=1S/C12H16BrO4P/c1-16-18(15,17-2)9-12(14)7-6-10-4-3-5-11(13)8-10/h3-5,8H,6-7,9H2,1-2H3. The highest BCUT2D eigenvalue weighted by atomic mass is 79.9. The van der Waals surface area contributed by atoms with Crippen molar-refractivity contribution in [3.63, 3.8) is 0 Å². The Bertz CT molecular complexity index is 453. The molecule has 0 N–H and O–H groups in total. The van der Waals surface area contributed by atoms with Gasteiger partial charge < -0.3 is 9.05 Å². The van der Waals surface area contributed by atoms with Crippen molar-refractivity contribution in [3.05, 3.63) is 34.3 Å². The summed E-state index contributed by atoms with van der Waals surface area (Å²) < 4.78 is 22.2. The van der Waals surface area contributed by atoms with E-state index < -0.39 is 7.60 Å². The van der Waals surface area contributed by atoms with Crippen LogP contribution in [0, 0.1) is 0 Å². The molecule has 4 nitrogen and oxygen atoms in total. The van der Waals surface area contributed by atoms with Crippen molar-refractivity contribution in [1.82, 2.24) is 0 Å². The minimum Gasteiger partial charge on any atom is -0.312 e. The summed E-state index contributed by atoms with van der Waals surface area (Å²) >= 11 is 3.37. The number of hydrogen-bond acceptors (Lipinski definition) is 4. The molecule has 0 aromatic heterocycles. The maximum absolute atomic E-state index is 11.8. The van der Waals surface area contributed by atoms with Crippen molar-refractivity contribution in [2.75, 3.05) is 20.4 Å². The average molecular weight is 335 g/mol. The molecule has 0 bridgehead atoms. The zero-order valence-electron chi connectivity index (χ0n) is 10.4. The molecule has 1 aromatic carbocycles. The fourth-order valence-electron chi connectivity index (χ4n) is 1.47. The van der Waals surface area contributed by atoms with Crippen molar-refractivity contribution >= 4 is 29.3 Å². The molecule has 100 valence electrons. The number of hydrogen-bond donors (Lipinski definition) is 0. The van der Waals surface area contributed by atoms with Crippen LogP contribution in [0.1, 0.15) is 12.0 Å². The van der Waals surface area contributed by atoms with E-state index in [1.807, 2.05) is 24.3 Å². The molecule has 0 aliphatic heterocycles. The van der Waals surface area contributed by atoms with Crippen LogP contribution < -0.4 is 0 Å². The highest BCUT2D eigenvalue weighted by molar-refractivity contribution is 9.10. The van der Waals surface area contributed by atoms with Gasteiger partial charge in [-0.15, -0.1) is 0 Å². The Balaban J connectivity index is 2.49. The van der Waals surface area contributed by atoms with Gasteiger partial charge in [-0.2, -0.15) is 0 Å². The largest absolute Gasteiger partial charge is 0.337 e. The molecular weight excluding hydrogens is 319 g/mol. The number of rotatable bonds is 7. The molecule has 0 spiro atoms. The van der Waals surface area contributed by atoms with Crippen molar-refractivity contribution < 1.29 is 18.4 Å². The van der Waals surface area contributed by atoms with Crippen LogP contribution in [0.3, 0.4) is 0 Å². The Labute approximate surface area is 115 Å². The molecule has 0 fully saturated rings. The Morgan fingerprint density at radius 2 is 2.00 bits per heavy atom. The molecule has 0 unspecified atom stereocenters. The first-order valence-electron chi connectivity index (χ1n) is 5.46. The predicted octanol–water partition coefficient (Wildman–Crippen LogP) is 3.44. The Morgan fingerprint density at radius 3 is 2.56 bits per heavy atom. The van der Waals surface area contributed by atoms with Gasteiger partial charge in [-0.05, 0) is 24.1 Å². The van der Waals surface area contributed by atoms with Crippen LogP contribution in [-0.4, -0.2) is 26.2 Å². The third-order valence-electron chi connectivity index (χ3n) is 2.51. The Hall–Kier alpha value is -0.480. The van der Waals surface area contributed by atoms with E-state index in [9.17, 15) is 9.36 Å². The summed E-state index contributed by atoms with van der Waals surface area (Å²) in [6.45, 7) is 0. The molecule has 18 heavy (non-hydrogen) atoms. The fraction of sp³-hybridized carbons (Fsp3) is 0.417. The second-order valence-corrected chi connectivity index (χ2v) is 6.99. The van der Waals surface area contributed by atoms with Crippen molar-refractivity contribution in [3.8, 4) is 0 Å². The molecule has 0 saturated heterocycles. The quantitative estimate of drug-likeness (QED) is 0.717. The highest BCUT2D eigenvalue weighted by Gasteiger charge is 2.24. The molecule has 0 heterocycles. The van der Waals surface area contributed by atoms with Crippen LogP contribution in [0.5, 0.6) is 0 Å². The lowest BCUT2D eigenvalue weighted by atomic mass is 10.1. The molecule has 1 aromatic rings. The smallest absolute Gasteiger partial charge is 0.312 e. The molecule has 0 aliphatic carbocycles. The number of aryl methyl sites for hydroxylation is 1. The summed E-state index contributed by atoms with van der Waals surface area (Å²) in [5, 5.41) is 0. The Kier molecular flexibility index (Phi) is 6.22. The lowest BCUT2D eigenvalue weighted by molar-refractivity contribution is -0.116. The van der Waals surface area contributed by atoms with E-state index in [4.69, 9.17) is 9.05 Å². The number of Topliss-reactive ketones (excluding diaryl/α,β-unsaturated/α-hetero) is 1. The molecule has 0 radical (unpaired) electrons. The molecule has 0 saturated carbocycles. The second kappa shape index (κ2) is 7.19. The van der Waals surface area contributed by atoms with E-state index in [-0.39, 0.29) is 11.9 Å². The first-order valence-corrected chi connectivity index (χ1v) is 7.98. The van der Waals surface area contributed by atoms with Gasteiger partial charge >= 0.3 is 7.60 Å². The van der Waals surface area contributed by atoms with Crippen LogP contribution in [0.4, 0.5) is 0 Å². The van der Waals surface area contributed by atoms with Gasteiger partial charge in [0.15, 0.2) is 0 Å². The van der Waals surface area contributed by atoms with Gasteiger partial charge in [0.2, 0.25) is 0 Å². The molecule has 1 rings (SSSR count). The third kappa shape index (κ3) is 5.02. The lowest BCUT2D eigenvalue weighted by Crippen LogP contribution is -2.08. The maximum Gasteiger partial charge on any atom is 0.337 e. The summed E-state index contributed by atoms with van der Waals surface area (Å²) in [6.07, 6.45) is 0.771. The van der Waals surface area contributed by atoms with E-state index in [0.29, 0.717) is 12.8 Å². The highest BCUT2D eigenvalue weighted by Crippen LogP contribution is 2.46. The summed E-state index contributed by atoms with van der Waals surface area (Å²) in [6, 6.07) is 7.75. The van der Waals surface area contributed by atoms with E-state index in [1.165, 1.54) is 14.2 Å². The van der Waals surface area contributed by atoms with Crippen molar-refractivity contribution in [2.24, 2.45) is 0 Å². The summed E-state index contributed by atoms with van der Waals surface area (Å²) in [4.78, 5) is 11.7. The first-order chi connectivity index (χ1) is 8.49. The van der Waals surface area contributed by atoms with Crippen LogP contribution in [0.15, 0.2) is 28.7 Å². The van der Waals surface area contributed by atoms with Crippen LogP contribution in [0.25, 0.3) is 0 Å². The predicted molar refractivity (Wildman–Crippen MR) is 74.0 cm³/mol. The first kappa shape index (κ1) is 15.6. The molecule has 0 aliphatic rings. The number of carbonyl (C=O) groups is 1. The van der Waals surface area contributed by atoms with Gasteiger partial charge in [-0.3, -0.25) is 9.36 Å². The van der Waals surface area contributed by atoms with Crippen molar-refractivity contribution in [1.29, 1.82) is 0 Å². The van der Waals surface area contributed by atoms with Crippen LogP contribution in [-0.2, 0) is 24.8 Å². The van der Waals surface area contributed by atoms with Gasteiger partial charge in [-0.25, -0.2) is 0 Å². The summed E-state index contributed by atoms with van der Waals surface area (Å²) in [7, 11) is -0.660. The second-order valence-electron chi connectivity index (χ2n) is 3.80. The number of ketones is 1. The average Bonchev–Trinajstić information content (AvgIpc) is 2.36.